The molecule has 2 aromatic rings. The summed E-state index contributed by atoms with van der Waals surface area (Å²) in [6.07, 6.45) is 3.25. The van der Waals surface area contributed by atoms with Crippen molar-refractivity contribution < 1.29 is 9.53 Å². The molecular formula is C9H7N3O2S. The van der Waals surface area contributed by atoms with Gasteiger partial charge in [0.2, 0.25) is 0 Å². The molecule has 0 unspecified atom stereocenters. The minimum Gasteiger partial charge on any atom is -0.464 e. The van der Waals surface area contributed by atoms with Crippen LogP contribution in [0.4, 0.5) is 0 Å². The van der Waals surface area contributed by atoms with Gasteiger partial charge in [0.15, 0.2) is 16.5 Å². The summed E-state index contributed by atoms with van der Waals surface area (Å²) in [5.41, 5.74) is 0.282. The standard InChI is InChI=1S/C9H7N3O2S/c1-14-9(13)6-5-15-8(12-6)7-10-3-2-4-11-7/h2-5H,1H3. The van der Waals surface area contributed by atoms with Crippen molar-refractivity contribution in [3.63, 3.8) is 0 Å². The van der Waals surface area contributed by atoms with Gasteiger partial charge in [0.05, 0.1) is 7.11 Å². The predicted octanol–water partition coefficient (Wildman–Crippen LogP) is 1.39. The lowest BCUT2D eigenvalue weighted by molar-refractivity contribution is 0.0595. The first-order valence-electron chi connectivity index (χ1n) is 4.12. The predicted molar refractivity (Wildman–Crippen MR) is 54.5 cm³/mol. The molecule has 0 aromatic carbocycles. The van der Waals surface area contributed by atoms with Gasteiger partial charge in [0, 0.05) is 17.8 Å². The Hall–Kier alpha value is -1.82. The fourth-order valence-corrected chi connectivity index (χ4v) is 1.72. The summed E-state index contributed by atoms with van der Waals surface area (Å²) >= 11 is 1.31. The molecule has 2 rings (SSSR count). The second kappa shape index (κ2) is 4.14. The Morgan fingerprint density at radius 2 is 2.13 bits per heavy atom. The first kappa shape index (κ1) is 9.72. The van der Waals surface area contributed by atoms with Gasteiger partial charge in [-0.1, -0.05) is 0 Å². The zero-order valence-electron chi connectivity index (χ0n) is 7.88. The SMILES string of the molecule is COC(=O)c1csc(-c2ncccn2)n1. The second-order valence-electron chi connectivity index (χ2n) is 2.60. The van der Waals surface area contributed by atoms with Gasteiger partial charge in [-0.2, -0.15) is 0 Å². The lowest BCUT2D eigenvalue weighted by Gasteiger charge is -1.92. The first-order valence-corrected chi connectivity index (χ1v) is 5.00. The highest BCUT2D eigenvalue weighted by Gasteiger charge is 2.12. The van der Waals surface area contributed by atoms with Crippen molar-refractivity contribution in [1.29, 1.82) is 0 Å². The van der Waals surface area contributed by atoms with E-state index < -0.39 is 5.97 Å². The third kappa shape index (κ3) is 1.99. The van der Waals surface area contributed by atoms with Crippen LogP contribution in [0.25, 0.3) is 10.8 Å². The van der Waals surface area contributed by atoms with Crippen molar-refractivity contribution >= 4 is 17.3 Å². The number of carbonyl (C=O) groups excluding carboxylic acids is 1. The normalized spacial score (nSPS) is 9.93. The monoisotopic (exact) mass is 221 g/mol. The van der Waals surface area contributed by atoms with Gasteiger partial charge in [0.1, 0.15) is 0 Å². The number of hydrogen-bond acceptors (Lipinski definition) is 6. The summed E-state index contributed by atoms with van der Waals surface area (Å²) in [6.45, 7) is 0. The minimum atomic E-state index is -0.451. The quantitative estimate of drug-likeness (QED) is 0.717. The Morgan fingerprint density at radius 1 is 1.40 bits per heavy atom. The van der Waals surface area contributed by atoms with Gasteiger partial charge in [-0.05, 0) is 6.07 Å². The number of carbonyl (C=O) groups is 1. The second-order valence-corrected chi connectivity index (χ2v) is 3.46. The van der Waals surface area contributed by atoms with Crippen molar-refractivity contribution in [3.8, 4) is 10.8 Å². The van der Waals surface area contributed by atoms with Gasteiger partial charge in [0.25, 0.3) is 0 Å². The number of aromatic nitrogens is 3. The molecule has 0 N–H and O–H groups in total. The molecule has 5 nitrogen and oxygen atoms in total. The molecular weight excluding hydrogens is 214 g/mol. The molecule has 0 bridgehead atoms. The van der Waals surface area contributed by atoms with Crippen LogP contribution in [0.5, 0.6) is 0 Å². The number of rotatable bonds is 2. The van der Waals surface area contributed by atoms with Gasteiger partial charge >= 0.3 is 5.97 Å². The largest absolute Gasteiger partial charge is 0.464 e. The van der Waals surface area contributed by atoms with Crippen molar-refractivity contribution in [2.75, 3.05) is 7.11 Å². The Balaban J connectivity index is 2.32. The molecule has 2 aromatic heterocycles. The van der Waals surface area contributed by atoms with Crippen molar-refractivity contribution in [3.05, 3.63) is 29.5 Å². The van der Waals surface area contributed by atoms with Crippen LogP contribution in [-0.2, 0) is 4.74 Å². The van der Waals surface area contributed by atoms with E-state index in [0.29, 0.717) is 10.8 Å². The van der Waals surface area contributed by atoms with E-state index in [1.165, 1.54) is 18.4 Å². The van der Waals surface area contributed by atoms with Gasteiger partial charge < -0.3 is 4.74 Å². The van der Waals surface area contributed by atoms with Crippen LogP contribution in [0.3, 0.4) is 0 Å². The first-order chi connectivity index (χ1) is 7.31. The van der Waals surface area contributed by atoms with Crippen LogP contribution in [0, 0.1) is 0 Å². The third-order valence-electron chi connectivity index (χ3n) is 1.66. The Morgan fingerprint density at radius 3 is 2.80 bits per heavy atom. The molecule has 0 aliphatic rings. The Kier molecular flexibility index (Phi) is 2.68. The molecule has 15 heavy (non-hydrogen) atoms. The van der Waals surface area contributed by atoms with Crippen LogP contribution in [-0.4, -0.2) is 28.0 Å². The molecule has 2 heterocycles. The molecule has 0 spiro atoms. The highest BCUT2D eigenvalue weighted by Crippen LogP contribution is 2.19. The number of nitrogens with zero attached hydrogens (tertiary/aromatic N) is 3. The van der Waals surface area contributed by atoms with E-state index in [0.717, 1.165) is 0 Å². The summed E-state index contributed by atoms with van der Waals surface area (Å²) in [5, 5.41) is 2.23. The van der Waals surface area contributed by atoms with Crippen molar-refractivity contribution in [2.45, 2.75) is 0 Å². The third-order valence-corrected chi connectivity index (χ3v) is 2.49. The summed E-state index contributed by atoms with van der Waals surface area (Å²) < 4.78 is 4.55. The number of hydrogen-bond donors (Lipinski definition) is 0. The van der Waals surface area contributed by atoms with Gasteiger partial charge in [-0.3, -0.25) is 0 Å². The Bertz CT molecular complexity index is 469. The number of thiazole rings is 1. The summed E-state index contributed by atoms with van der Waals surface area (Å²) in [4.78, 5) is 23.3. The van der Waals surface area contributed by atoms with E-state index in [1.807, 2.05) is 0 Å². The van der Waals surface area contributed by atoms with E-state index in [1.54, 1.807) is 23.8 Å². The van der Waals surface area contributed by atoms with Crippen LogP contribution in [0.1, 0.15) is 10.5 Å². The molecule has 0 fully saturated rings. The molecule has 6 heteroatoms. The maximum atomic E-state index is 11.1. The summed E-state index contributed by atoms with van der Waals surface area (Å²) in [6, 6.07) is 1.72. The van der Waals surface area contributed by atoms with Crippen molar-refractivity contribution in [1.82, 2.24) is 15.0 Å². The molecule has 0 saturated heterocycles. The van der Waals surface area contributed by atoms with E-state index in [4.69, 9.17) is 0 Å². The van der Waals surface area contributed by atoms with Crippen LogP contribution >= 0.6 is 11.3 Å². The Labute approximate surface area is 89.8 Å². The lowest BCUT2D eigenvalue weighted by Crippen LogP contribution is -2.01. The molecule has 0 amide bonds. The molecule has 0 aliphatic carbocycles. The maximum absolute atomic E-state index is 11.1. The maximum Gasteiger partial charge on any atom is 0.357 e. The minimum absolute atomic E-state index is 0.282. The van der Waals surface area contributed by atoms with E-state index in [2.05, 4.69) is 19.7 Å². The number of esters is 1. The van der Waals surface area contributed by atoms with Crippen LogP contribution in [0.2, 0.25) is 0 Å². The van der Waals surface area contributed by atoms with Crippen LogP contribution in [0.15, 0.2) is 23.8 Å². The summed E-state index contributed by atoms with van der Waals surface area (Å²) in [5.74, 6) is 0.0612. The zero-order valence-corrected chi connectivity index (χ0v) is 8.69. The number of ether oxygens (including phenoxy) is 1. The van der Waals surface area contributed by atoms with E-state index >= 15 is 0 Å². The number of methoxy groups -OCH3 is 1. The molecule has 76 valence electrons. The molecule has 0 aliphatic heterocycles. The van der Waals surface area contributed by atoms with Gasteiger partial charge in [-0.15, -0.1) is 11.3 Å². The van der Waals surface area contributed by atoms with Crippen molar-refractivity contribution in [2.24, 2.45) is 0 Å². The smallest absolute Gasteiger partial charge is 0.357 e. The fraction of sp³-hybridized carbons (Fsp3) is 0.111. The average molecular weight is 221 g/mol. The van der Waals surface area contributed by atoms with Crippen LogP contribution < -0.4 is 0 Å². The average Bonchev–Trinajstić information content (AvgIpc) is 2.78. The highest BCUT2D eigenvalue weighted by atomic mass is 32.1. The van der Waals surface area contributed by atoms with E-state index in [-0.39, 0.29) is 5.69 Å². The van der Waals surface area contributed by atoms with E-state index in [9.17, 15) is 4.79 Å². The molecule has 0 atom stereocenters. The lowest BCUT2D eigenvalue weighted by atomic mass is 10.5. The topological polar surface area (TPSA) is 65.0 Å². The zero-order chi connectivity index (χ0) is 10.7. The fourth-order valence-electron chi connectivity index (χ4n) is 0.984. The summed E-state index contributed by atoms with van der Waals surface area (Å²) in [7, 11) is 1.32. The highest BCUT2D eigenvalue weighted by molar-refractivity contribution is 7.13. The molecule has 0 radical (unpaired) electrons. The van der Waals surface area contributed by atoms with Gasteiger partial charge in [-0.25, -0.2) is 19.7 Å². The molecule has 0 saturated carbocycles.